The molecule has 1 rings (SSSR count). The molecule has 1 saturated heterocycles. The number of hydrogen-bond acceptors (Lipinski definition) is 3. The molecule has 0 aromatic heterocycles. The third kappa shape index (κ3) is 2.95. The zero-order chi connectivity index (χ0) is 12.3. The Morgan fingerprint density at radius 2 is 2.12 bits per heavy atom. The van der Waals surface area contributed by atoms with E-state index in [0.717, 1.165) is 25.8 Å². The van der Waals surface area contributed by atoms with Crippen molar-refractivity contribution in [2.24, 2.45) is 11.1 Å². The van der Waals surface area contributed by atoms with Gasteiger partial charge in [-0.2, -0.15) is 0 Å². The molecule has 16 heavy (non-hydrogen) atoms. The summed E-state index contributed by atoms with van der Waals surface area (Å²) in [6.07, 6.45) is 2.98. The lowest BCUT2D eigenvalue weighted by Crippen LogP contribution is -2.55. The molecule has 2 unspecified atom stereocenters. The SMILES string of the molecule is CC(C)(C)C(N)C(=O)N1CCCCC1CO. The van der Waals surface area contributed by atoms with Gasteiger partial charge in [0, 0.05) is 6.54 Å². The number of aliphatic hydroxyl groups excluding tert-OH is 1. The molecular formula is C12H24N2O2. The molecule has 0 aromatic carbocycles. The van der Waals surface area contributed by atoms with Gasteiger partial charge in [-0.1, -0.05) is 20.8 Å². The van der Waals surface area contributed by atoms with Crippen molar-refractivity contribution in [3.63, 3.8) is 0 Å². The van der Waals surface area contributed by atoms with Gasteiger partial charge in [0.25, 0.3) is 0 Å². The van der Waals surface area contributed by atoms with Crippen LogP contribution < -0.4 is 5.73 Å². The molecule has 1 amide bonds. The summed E-state index contributed by atoms with van der Waals surface area (Å²) in [4.78, 5) is 14.0. The second-order valence-corrected chi connectivity index (χ2v) is 5.71. The minimum absolute atomic E-state index is 0.0220. The summed E-state index contributed by atoms with van der Waals surface area (Å²) < 4.78 is 0. The molecule has 94 valence electrons. The number of nitrogens with two attached hydrogens (primary N) is 1. The zero-order valence-corrected chi connectivity index (χ0v) is 10.6. The van der Waals surface area contributed by atoms with Crippen LogP contribution in [0, 0.1) is 5.41 Å². The highest BCUT2D eigenvalue weighted by Crippen LogP contribution is 2.23. The van der Waals surface area contributed by atoms with Crippen molar-refractivity contribution in [2.45, 2.75) is 52.1 Å². The van der Waals surface area contributed by atoms with Crippen molar-refractivity contribution in [3.05, 3.63) is 0 Å². The van der Waals surface area contributed by atoms with Crippen LogP contribution in [-0.2, 0) is 4.79 Å². The van der Waals surface area contributed by atoms with Crippen molar-refractivity contribution in [1.82, 2.24) is 4.90 Å². The van der Waals surface area contributed by atoms with Gasteiger partial charge in [0.15, 0.2) is 0 Å². The second kappa shape index (κ2) is 5.15. The molecule has 0 bridgehead atoms. The minimum Gasteiger partial charge on any atom is -0.394 e. The Labute approximate surface area is 97.8 Å². The lowest BCUT2D eigenvalue weighted by Gasteiger charge is -2.39. The van der Waals surface area contributed by atoms with Crippen molar-refractivity contribution in [1.29, 1.82) is 0 Å². The summed E-state index contributed by atoms with van der Waals surface area (Å²) in [5.41, 5.74) is 5.74. The molecule has 0 aromatic rings. The van der Waals surface area contributed by atoms with Crippen LogP contribution >= 0.6 is 0 Å². The zero-order valence-electron chi connectivity index (χ0n) is 10.6. The number of amides is 1. The molecule has 1 fully saturated rings. The quantitative estimate of drug-likeness (QED) is 0.732. The Hall–Kier alpha value is -0.610. The van der Waals surface area contributed by atoms with E-state index in [1.54, 1.807) is 4.90 Å². The predicted molar refractivity (Wildman–Crippen MR) is 63.9 cm³/mol. The first-order valence-electron chi connectivity index (χ1n) is 6.05. The molecule has 1 heterocycles. The standard InChI is InChI=1S/C12H24N2O2/c1-12(2,3)10(13)11(16)14-7-5-4-6-9(14)8-15/h9-10,15H,4-8,13H2,1-3H3. The molecule has 1 aliphatic rings. The molecule has 2 atom stereocenters. The van der Waals surface area contributed by atoms with E-state index in [0.29, 0.717) is 0 Å². The number of carbonyl (C=O) groups excluding carboxylic acids is 1. The summed E-state index contributed by atoms with van der Waals surface area (Å²) in [6, 6.07) is -0.519. The van der Waals surface area contributed by atoms with Crippen molar-refractivity contribution >= 4 is 5.91 Å². The van der Waals surface area contributed by atoms with Crippen LogP contribution in [0.4, 0.5) is 0 Å². The van der Waals surface area contributed by atoms with Gasteiger partial charge in [-0.15, -0.1) is 0 Å². The summed E-state index contributed by atoms with van der Waals surface area (Å²) in [5, 5.41) is 9.26. The van der Waals surface area contributed by atoms with Gasteiger partial charge in [-0.05, 0) is 24.7 Å². The predicted octanol–water partition coefficient (Wildman–Crippen LogP) is 0.733. The van der Waals surface area contributed by atoms with Crippen LogP contribution in [-0.4, -0.2) is 41.1 Å². The first-order valence-corrected chi connectivity index (χ1v) is 6.05. The number of aliphatic hydroxyl groups is 1. The average molecular weight is 228 g/mol. The fourth-order valence-electron chi connectivity index (χ4n) is 2.03. The van der Waals surface area contributed by atoms with Crippen LogP contribution in [0.1, 0.15) is 40.0 Å². The normalized spacial score (nSPS) is 24.3. The Kier molecular flexibility index (Phi) is 4.33. The first-order chi connectivity index (χ1) is 7.38. The van der Waals surface area contributed by atoms with Crippen LogP contribution in [0.5, 0.6) is 0 Å². The smallest absolute Gasteiger partial charge is 0.240 e. The van der Waals surface area contributed by atoms with Crippen molar-refractivity contribution in [2.75, 3.05) is 13.2 Å². The second-order valence-electron chi connectivity index (χ2n) is 5.71. The molecule has 0 spiro atoms. The number of rotatable bonds is 2. The Balaban J connectivity index is 2.71. The molecule has 0 radical (unpaired) electrons. The highest BCUT2D eigenvalue weighted by Gasteiger charge is 2.34. The molecular weight excluding hydrogens is 204 g/mol. The fraction of sp³-hybridized carbons (Fsp3) is 0.917. The molecule has 4 heteroatoms. The maximum absolute atomic E-state index is 12.2. The van der Waals surface area contributed by atoms with E-state index >= 15 is 0 Å². The van der Waals surface area contributed by atoms with E-state index in [-0.39, 0.29) is 24.0 Å². The fourth-order valence-corrected chi connectivity index (χ4v) is 2.03. The number of piperidine rings is 1. The van der Waals surface area contributed by atoms with E-state index in [1.807, 2.05) is 20.8 Å². The molecule has 1 aliphatic heterocycles. The third-order valence-corrected chi connectivity index (χ3v) is 3.32. The van der Waals surface area contributed by atoms with Crippen molar-refractivity contribution in [3.8, 4) is 0 Å². The van der Waals surface area contributed by atoms with Gasteiger partial charge in [0.05, 0.1) is 18.7 Å². The summed E-state index contributed by atoms with van der Waals surface area (Å²) >= 11 is 0. The lowest BCUT2D eigenvalue weighted by atomic mass is 9.85. The molecule has 0 saturated carbocycles. The maximum Gasteiger partial charge on any atom is 0.240 e. The van der Waals surface area contributed by atoms with E-state index in [9.17, 15) is 9.90 Å². The minimum atomic E-state index is -0.486. The summed E-state index contributed by atoms with van der Waals surface area (Å²) in [7, 11) is 0. The van der Waals surface area contributed by atoms with Gasteiger partial charge in [-0.3, -0.25) is 4.79 Å². The highest BCUT2D eigenvalue weighted by atomic mass is 16.3. The Bertz CT molecular complexity index is 248. The van der Waals surface area contributed by atoms with E-state index in [2.05, 4.69) is 0 Å². The molecule has 0 aliphatic carbocycles. The van der Waals surface area contributed by atoms with Gasteiger partial charge >= 0.3 is 0 Å². The number of carbonyl (C=O) groups is 1. The monoisotopic (exact) mass is 228 g/mol. The average Bonchev–Trinajstić information content (AvgIpc) is 2.25. The van der Waals surface area contributed by atoms with Crippen LogP contribution in [0.3, 0.4) is 0 Å². The first kappa shape index (κ1) is 13.5. The summed E-state index contributed by atoms with van der Waals surface area (Å²) in [5.74, 6) is -0.0220. The largest absolute Gasteiger partial charge is 0.394 e. The van der Waals surface area contributed by atoms with Gasteiger partial charge in [0.2, 0.25) is 5.91 Å². The molecule has 3 N–H and O–H groups in total. The van der Waals surface area contributed by atoms with E-state index in [1.165, 1.54) is 0 Å². The van der Waals surface area contributed by atoms with Crippen LogP contribution in [0.2, 0.25) is 0 Å². The maximum atomic E-state index is 12.2. The lowest BCUT2D eigenvalue weighted by molar-refractivity contribution is -0.139. The van der Waals surface area contributed by atoms with Gasteiger partial charge in [-0.25, -0.2) is 0 Å². The van der Waals surface area contributed by atoms with Crippen molar-refractivity contribution < 1.29 is 9.90 Å². The highest BCUT2D eigenvalue weighted by molar-refractivity contribution is 5.82. The Morgan fingerprint density at radius 1 is 1.50 bits per heavy atom. The number of hydrogen-bond donors (Lipinski definition) is 2. The number of nitrogens with zero attached hydrogens (tertiary/aromatic N) is 1. The van der Waals surface area contributed by atoms with Gasteiger partial charge in [0.1, 0.15) is 0 Å². The van der Waals surface area contributed by atoms with E-state index < -0.39 is 6.04 Å². The molecule has 4 nitrogen and oxygen atoms in total. The van der Waals surface area contributed by atoms with E-state index in [4.69, 9.17) is 5.73 Å². The Morgan fingerprint density at radius 3 is 2.62 bits per heavy atom. The van der Waals surface area contributed by atoms with Gasteiger partial charge < -0.3 is 15.7 Å². The van der Waals surface area contributed by atoms with Crippen LogP contribution in [0.25, 0.3) is 0 Å². The van der Waals surface area contributed by atoms with Crippen LogP contribution in [0.15, 0.2) is 0 Å². The number of likely N-dealkylation sites (tertiary alicyclic amines) is 1. The summed E-state index contributed by atoms with van der Waals surface area (Å²) in [6.45, 7) is 6.67. The topological polar surface area (TPSA) is 66.6 Å². The third-order valence-electron chi connectivity index (χ3n) is 3.32.